The molecule has 100 valence electrons. The van der Waals surface area contributed by atoms with Crippen molar-refractivity contribution in [3.05, 3.63) is 18.2 Å². The normalized spacial score (nSPS) is 16.5. The summed E-state index contributed by atoms with van der Waals surface area (Å²) in [6.07, 6.45) is 11.2. The van der Waals surface area contributed by atoms with Crippen molar-refractivity contribution in [2.24, 2.45) is 7.05 Å². The van der Waals surface area contributed by atoms with Crippen LogP contribution in [-0.2, 0) is 13.5 Å². The molecule has 0 aliphatic heterocycles. The second kappa shape index (κ2) is 6.73. The maximum atomic E-state index is 5.31. The van der Waals surface area contributed by atoms with Gasteiger partial charge in [-0.25, -0.2) is 4.98 Å². The molecule has 1 aliphatic carbocycles. The summed E-state index contributed by atoms with van der Waals surface area (Å²) in [5.74, 6) is 1.09. The fourth-order valence-electron chi connectivity index (χ4n) is 2.41. The van der Waals surface area contributed by atoms with Crippen molar-refractivity contribution in [1.29, 1.82) is 0 Å². The van der Waals surface area contributed by atoms with Crippen LogP contribution < -0.4 is 10.6 Å². The second-order valence-electron chi connectivity index (χ2n) is 4.94. The summed E-state index contributed by atoms with van der Waals surface area (Å²) in [7, 11) is 2.01. The Kier molecular flexibility index (Phi) is 4.99. The van der Waals surface area contributed by atoms with E-state index in [9.17, 15) is 0 Å². The molecule has 1 saturated carbocycles. The van der Waals surface area contributed by atoms with Gasteiger partial charge in [0.2, 0.25) is 0 Å². The molecule has 1 heterocycles. The highest BCUT2D eigenvalue weighted by atomic mass is 32.1. The van der Waals surface area contributed by atoms with Crippen molar-refractivity contribution in [3.63, 3.8) is 0 Å². The van der Waals surface area contributed by atoms with Gasteiger partial charge < -0.3 is 15.2 Å². The van der Waals surface area contributed by atoms with Gasteiger partial charge in [0, 0.05) is 38.4 Å². The van der Waals surface area contributed by atoms with E-state index >= 15 is 0 Å². The summed E-state index contributed by atoms with van der Waals surface area (Å²) < 4.78 is 2.04. The van der Waals surface area contributed by atoms with E-state index in [2.05, 4.69) is 15.6 Å². The minimum Gasteiger partial charge on any atom is -0.362 e. The van der Waals surface area contributed by atoms with E-state index in [-0.39, 0.29) is 0 Å². The van der Waals surface area contributed by atoms with E-state index in [4.69, 9.17) is 12.2 Å². The van der Waals surface area contributed by atoms with Crippen LogP contribution in [0.25, 0.3) is 0 Å². The lowest BCUT2D eigenvalue weighted by Gasteiger charge is -2.24. The number of aryl methyl sites for hydroxylation is 1. The lowest BCUT2D eigenvalue weighted by atomic mass is 9.96. The first-order chi connectivity index (χ1) is 8.75. The molecule has 4 nitrogen and oxygen atoms in total. The molecule has 2 N–H and O–H groups in total. The predicted molar refractivity (Wildman–Crippen MR) is 77.5 cm³/mol. The van der Waals surface area contributed by atoms with Gasteiger partial charge in [-0.3, -0.25) is 0 Å². The zero-order chi connectivity index (χ0) is 12.8. The Bertz CT molecular complexity index is 382. The van der Waals surface area contributed by atoms with Gasteiger partial charge in [-0.15, -0.1) is 0 Å². The third kappa shape index (κ3) is 3.98. The van der Waals surface area contributed by atoms with Crippen LogP contribution in [0.2, 0.25) is 0 Å². The minimum atomic E-state index is 0.576. The van der Waals surface area contributed by atoms with Crippen molar-refractivity contribution in [3.8, 4) is 0 Å². The third-order valence-corrected chi connectivity index (χ3v) is 3.76. The first-order valence-electron chi connectivity index (χ1n) is 6.76. The number of thiocarbonyl (C=S) groups is 1. The van der Waals surface area contributed by atoms with Crippen molar-refractivity contribution in [2.75, 3.05) is 6.54 Å². The number of hydrogen-bond acceptors (Lipinski definition) is 2. The van der Waals surface area contributed by atoms with Gasteiger partial charge in [0.25, 0.3) is 0 Å². The second-order valence-corrected chi connectivity index (χ2v) is 5.35. The monoisotopic (exact) mass is 266 g/mol. The topological polar surface area (TPSA) is 41.9 Å². The van der Waals surface area contributed by atoms with Gasteiger partial charge in [0.15, 0.2) is 5.11 Å². The molecular weight excluding hydrogens is 244 g/mol. The van der Waals surface area contributed by atoms with E-state index in [1.165, 1.54) is 32.1 Å². The first kappa shape index (κ1) is 13.3. The molecule has 0 unspecified atom stereocenters. The Morgan fingerprint density at radius 3 is 2.89 bits per heavy atom. The van der Waals surface area contributed by atoms with Crippen molar-refractivity contribution >= 4 is 17.3 Å². The largest absolute Gasteiger partial charge is 0.362 e. The molecule has 1 fully saturated rings. The number of aromatic nitrogens is 2. The maximum absolute atomic E-state index is 5.31. The maximum Gasteiger partial charge on any atom is 0.166 e. The molecule has 0 atom stereocenters. The third-order valence-electron chi connectivity index (χ3n) is 3.50. The van der Waals surface area contributed by atoms with E-state index in [0.29, 0.717) is 6.04 Å². The summed E-state index contributed by atoms with van der Waals surface area (Å²) in [5, 5.41) is 7.46. The highest BCUT2D eigenvalue weighted by Crippen LogP contribution is 2.17. The predicted octanol–water partition coefficient (Wildman–Crippen LogP) is 1.76. The summed E-state index contributed by atoms with van der Waals surface area (Å²) in [6, 6.07) is 0.576. The van der Waals surface area contributed by atoms with Gasteiger partial charge in [0.1, 0.15) is 5.82 Å². The van der Waals surface area contributed by atoms with Crippen LogP contribution in [0.5, 0.6) is 0 Å². The molecule has 0 amide bonds. The summed E-state index contributed by atoms with van der Waals surface area (Å²) >= 11 is 5.31. The Hall–Kier alpha value is -1.10. The first-order valence-corrected chi connectivity index (χ1v) is 7.17. The molecule has 0 spiro atoms. The van der Waals surface area contributed by atoms with Crippen LogP contribution in [0.1, 0.15) is 37.9 Å². The van der Waals surface area contributed by atoms with E-state index in [1.54, 1.807) is 0 Å². The smallest absolute Gasteiger partial charge is 0.166 e. The van der Waals surface area contributed by atoms with Crippen LogP contribution in [0, 0.1) is 0 Å². The number of rotatable bonds is 4. The average Bonchev–Trinajstić information content (AvgIpc) is 2.76. The van der Waals surface area contributed by atoms with E-state index < -0.39 is 0 Å². The zero-order valence-electron chi connectivity index (χ0n) is 11.0. The molecule has 1 aliphatic rings. The van der Waals surface area contributed by atoms with Gasteiger partial charge in [-0.2, -0.15) is 0 Å². The van der Waals surface area contributed by atoms with Gasteiger partial charge in [-0.1, -0.05) is 19.3 Å². The molecule has 1 aromatic heterocycles. The molecule has 0 saturated heterocycles. The van der Waals surface area contributed by atoms with Crippen molar-refractivity contribution in [1.82, 2.24) is 20.2 Å². The molecule has 18 heavy (non-hydrogen) atoms. The van der Waals surface area contributed by atoms with Crippen LogP contribution in [-0.4, -0.2) is 27.3 Å². The van der Waals surface area contributed by atoms with E-state index in [0.717, 1.165) is 23.9 Å². The van der Waals surface area contributed by atoms with Crippen molar-refractivity contribution < 1.29 is 0 Å². The van der Waals surface area contributed by atoms with Gasteiger partial charge in [-0.05, 0) is 25.1 Å². The summed E-state index contributed by atoms with van der Waals surface area (Å²) in [6.45, 7) is 0.837. The van der Waals surface area contributed by atoms with E-state index in [1.807, 2.05) is 24.0 Å². The van der Waals surface area contributed by atoms with Gasteiger partial charge >= 0.3 is 0 Å². The standard InChI is InChI=1S/C13H22N4S/c1-17-10-9-14-12(17)7-8-15-13(18)16-11-5-3-2-4-6-11/h9-11H,2-8H2,1H3,(H2,15,16,18). The van der Waals surface area contributed by atoms with Crippen LogP contribution in [0.4, 0.5) is 0 Å². The number of hydrogen-bond donors (Lipinski definition) is 2. The molecule has 5 heteroatoms. The fraction of sp³-hybridized carbons (Fsp3) is 0.692. The average molecular weight is 266 g/mol. The number of imidazole rings is 1. The lowest BCUT2D eigenvalue weighted by Crippen LogP contribution is -2.43. The van der Waals surface area contributed by atoms with Crippen LogP contribution >= 0.6 is 12.2 Å². The van der Waals surface area contributed by atoms with Crippen LogP contribution in [0.3, 0.4) is 0 Å². The van der Waals surface area contributed by atoms with Crippen molar-refractivity contribution in [2.45, 2.75) is 44.6 Å². The molecular formula is C13H22N4S. The minimum absolute atomic E-state index is 0.576. The molecule has 1 aromatic rings. The molecule has 0 radical (unpaired) electrons. The van der Waals surface area contributed by atoms with Gasteiger partial charge in [0.05, 0.1) is 0 Å². The lowest BCUT2D eigenvalue weighted by molar-refractivity contribution is 0.412. The number of nitrogens with zero attached hydrogens (tertiary/aromatic N) is 2. The zero-order valence-corrected chi connectivity index (χ0v) is 11.8. The molecule has 0 bridgehead atoms. The Morgan fingerprint density at radius 1 is 1.44 bits per heavy atom. The number of nitrogens with one attached hydrogen (secondary N) is 2. The molecule has 2 rings (SSSR count). The summed E-state index contributed by atoms with van der Waals surface area (Å²) in [4.78, 5) is 4.29. The highest BCUT2D eigenvalue weighted by molar-refractivity contribution is 7.80. The molecule has 0 aromatic carbocycles. The fourth-order valence-corrected chi connectivity index (χ4v) is 2.68. The highest BCUT2D eigenvalue weighted by Gasteiger charge is 2.13. The summed E-state index contributed by atoms with van der Waals surface area (Å²) in [5.41, 5.74) is 0. The van der Waals surface area contributed by atoms with Crippen LogP contribution in [0.15, 0.2) is 12.4 Å². The Morgan fingerprint density at radius 2 is 2.22 bits per heavy atom. The Labute approximate surface area is 114 Å². The Balaban J connectivity index is 1.64. The SMILES string of the molecule is Cn1ccnc1CCNC(=S)NC1CCCCC1. The quantitative estimate of drug-likeness (QED) is 0.815.